The lowest BCUT2D eigenvalue weighted by molar-refractivity contribution is -0.0327. The van der Waals surface area contributed by atoms with E-state index in [0.29, 0.717) is 17.5 Å². The van der Waals surface area contributed by atoms with E-state index < -0.39 is 5.51 Å². The number of hydrogen-bond acceptors (Lipinski definition) is 2. The van der Waals surface area contributed by atoms with Crippen LogP contribution in [0, 0.1) is 11.8 Å². The molecule has 20 heavy (non-hydrogen) atoms. The fraction of sp³-hybridized carbons (Fsp3) is 0.600. The van der Waals surface area contributed by atoms with Crippen molar-refractivity contribution in [3.63, 3.8) is 0 Å². The quantitative estimate of drug-likeness (QED) is 0.736. The number of alkyl halides is 3. The standard InChI is InChI=1S/C15H20F3NS/c1-10-6-5-8-12(11(10)2)19-13-7-3-4-9-14(13)20-15(16,17)18/h3-4,7,9-12,19H,5-6,8H2,1-2H3. The van der Waals surface area contributed by atoms with Gasteiger partial charge in [-0.2, -0.15) is 13.2 Å². The van der Waals surface area contributed by atoms with Gasteiger partial charge >= 0.3 is 5.51 Å². The Hall–Kier alpha value is -0.840. The van der Waals surface area contributed by atoms with Gasteiger partial charge in [0.15, 0.2) is 0 Å². The Morgan fingerprint density at radius 3 is 2.55 bits per heavy atom. The molecule has 2 rings (SSSR count). The van der Waals surface area contributed by atoms with Crippen molar-refractivity contribution < 1.29 is 13.2 Å². The Labute approximate surface area is 122 Å². The molecule has 3 unspecified atom stereocenters. The van der Waals surface area contributed by atoms with Crippen molar-refractivity contribution in [3.05, 3.63) is 24.3 Å². The number of thioether (sulfide) groups is 1. The fourth-order valence-corrected chi connectivity index (χ4v) is 3.42. The molecule has 0 saturated heterocycles. The smallest absolute Gasteiger partial charge is 0.381 e. The van der Waals surface area contributed by atoms with Gasteiger partial charge in [0, 0.05) is 16.6 Å². The lowest BCUT2D eigenvalue weighted by Gasteiger charge is -2.35. The zero-order valence-electron chi connectivity index (χ0n) is 11.7. The summed E-state index contributed by atoms with van der Waals surface area (Å²) in [6.07, 6.45) is 3.37. The number of halogens is 3. The van der Waals surface area contributed by atoms with Crippen LogP contribution in [-0.2, 0) is 0 Å². The van der Waals surface area contributed by atoms with E-state index in [2.05, 4.69) is 19.2 Å². The highest BCUT2D eigenvalue weighted by atomic mass is 32.2. The molecule has 0 radical (unpaired) electrons. The van der Waals surface area contributed by atoms with E-state index in [-0.39, 0.29) is 22.7 Å². The minimum atomic E-state index is -4.25. The first-order valence-corrected chi connectivity index (χ1v) is 7.80. The maximum absolute atomic E-state index is 12.6. The fourth-order valence-electron chi connectivity index (χ4n) is 2.79. The highest BCUT2D eigenvalue weighted by Crippen LogP contribution is 2.41. The molecule has 1 saturated carbocycles. The van der Waals surface area contributed by atoms with Gasteiger partial charge in [-0.3, -0.25) is 0 Å². The second kappa shape index (κ2) is 6.29. The number of benzene rings is 1. The van der Waals surface area contributed by atoms with Crippen molar-refractivity contribution in [3.8, 4) is 0 Å². The van der Waals surface area contributed by atoms with Crippen LogP contribution >= 0.6 is 11.8 Å². The topological polar surface area (TPSA) is 12.0 Å². The molecule has 1 aromatic rings. The number of para-hydroxylation sites is 1. The molecule has 0 aliphatic heterocycles. The number of nitrogens with one attached hydrogen (secondary N) is 1. The van der Waals surface area contributed by atoms with Gasteiger partial charge in [-0.05, 0) is 42.2 Å². The summed E-state index contributed by atoms with van der Waals surface area (Å²) in [6.45, 7) is 4.40. The van der Waals surface area contributed by atoms with Crippen LogP contribution in [0.1, 0.15) is 33.1 Å². The van der Waals surface area contributed by atoms with Crippen molar-refractivity contribution in [2.75, 3.05) is 5.32 Å². The van der Waals surface area contributed by atoms with Crippen molar-refractivity contribution in [1.29, 1.82) is 0 Å². The molecule has 1 aliphatic carbocycles. The highest BCUT2D eigenvalue weighted by Gasteiger charge is 2.32. The maximum Gasteiger partial charge on any atom is 0.446 e. The van der Waals surface area contributed by atoms with Crippen LogP contribution in [-0.4, -0.2) is 11.6 Å². The van der Waals surface area contributed by atoms with Crippen molar-refractivity contribution in [1.82, 2.24) is 0 Å². The van der Waals surface area contributed by atoms with Gasteiger partial charge < -0.3 is 5.32 Å². The van der Waals surface area contributed by atoms with Crippen LogP contribution in [0.5, 0.6) is 0 Å². The molecule has 0 amide bonds. The summed E-state index contributed by atoms with van der Waals surface area (Å²) in [6, 6.07) is 6.94. The maximum atomic E-state index is 12.6. The van der Waals surface area contributed by atoms with Crippen LogP contribution in [0.25, 0.3) is 0 Å². The van der Waals surface area contributed by atoms with E-state index in [4.69, 9.17) is 0 Å². The Morgan fingerprint density at radius 1 is 1.15 bits per heavy atom. The first kappa shape index (κ1) is 15.5. The third kappa shape index (κ3) is 4.08. The van der Waals surface area contributed by atoms with Gasteiger partial charge in [-0.1, -0.05) is 38.8 Å². The van der Waals surface area contributed by atoms with Crippen molar-refractivity contribution in [2.45, 2.75) is 49.6 Å². The van der Waals surface area contributed by atoms with Crippen LogP contribution in [0.3, 0.4) is 0 Å². The third-order valence-electron chi connectivity index (χ3n) is 4.16. The van der Waals surface area contributed by atoms with Gasteiger partial charge in [-0.25, -0.2) is 0 Å². The predicted octanol–water partition coefficient (Wildman–Crippen LogP) is 5.54. The molecule has 0 heterocycles. The molecule has 1 fully saturated rings. The van der Waals surface area contributed by atoms with Crippen molar-refractivity contribution >= 4 is 17.4 Å². The number of hydrogen-bond donors (Lipinski definition) is 1. The van der Waals surface area contributed by atoms with Gasteiger partial charge in [-0.15, -0.1) is 0 Å². The molecule has 5 heteroatoms. The summed E-state index contributed by atoms with van der Waals surface area (Å²) in [5.41, 5.74) is -3.65. The summed E-state index contributed by atoms with van der Waals surface area (Å²) in [4.78, 5) is 0.255. The van der Waals surface area contributed by atoms with Crippen LogP contribution in [0.15, 0.2) is 29.2 Å². The Kier molecular flexibility index (Phi) is 4.89. The molecule has 0 bridgehead atoms. The summed E-state index contributed by atoms with van der Waals surface area (Å²) in [7, 11) is 0. The second-order valence-corrected chi connectivity index (χ2v) is 6.67. The average molecular weight is 303 g/mol. The first-order valence-electron chi connectivity index (χ1n) is 6.98. The van der Waals surface area contributed by atoms with Gasteiger partial charge in [0.2, 0.25) is 0 Å². The summed E-state index contributed by atoms with van der Waals surface area (Å²) < 4.78 is 37.7. The number of anilines is 1. The Morgan fingerprint density at radius 2 is 1.85 bits per heavy atom. The minimum absolute atomic E-state index is 0.0445. The largest absolute Gasteiger partial charge is 0.446 e. The van der Waals surface area contributed by atoms with E-state index in [9.17, 15) is 13.2 Å². The van der Waals surface area contributed by atoms with E-state index in [0.717, 1.165) is 12.8 Å². The number of rotatable bonds is 3. The molecule has 1 aromatic carbocycles. The predicted molar refractivity (Wildman–Crippen MR) is 77.9 cm³/mol. The lowest BCUT2D eigenvalue weighted by Crippen LogP contribution is -2.35. The molecule has 0 spiro atoms. The average Bonchev–Trinajstić information content (AvgIpc) is 2.35. The summed E-state index contributed by atoms with van der Waals surface area (Å²) in [5, 5.41) is 3.33. The van der Waals surface area contributed by atoms with E-state index in [1.165, 1.54) is 12.5 Å². The normalized spacial score (nSPS) is 27.4. The van der Waals surface area contributed by atoms with Gasteiger partial charge in [0.1, 0.15) is 0 Å². The lowest BCUT2D eigenvalue weighted by atomic mass is 9.78. The van der Waals surface area contributed by atoms with E-state index >= 15 is 0 Å². The summed E-state index contributed by atoms with van der Waals surface area (Å²) in [5.74, 6) is 1.09. The zero-order chi connectivity index (χ0) is 14.8. The Balaban J connectivity index is 2.12. The molecule has 0 aromatic heterocycles. The van der Waals surface area contributed by atoms with Gasteiger partial charge in [0.05, 0.1) is 0 Å². The van der Waals surface area contributed by atoms with Crippen LogP contribution < -0.4 is 5.32 Å². The molecule has 3 atom stereocenters. The SMILES string of the molecule is CC1CCCC(Nc2ccccc2SC(F)(F)F)C1C. The summed E-state index contributed by atoms with van der Waals surface area (Å²) >= 11 is -0.0445. The van der Waals surface area contributed by atoms with Crippen molar-refractivity contribution in [2.24, 2.45) is 11.8 Å². The Bertz CT molecular complexity index is 447. The van der Waals surface area contributed by atoms with E-state index in [1.807, 2.05) is 0 Å². The molecule has 1 nitrogen and oxygen atoms in total. The third-order valence-corrected chi connectivity index (χ3v) is 4.97. The highest BCUT2D eigenvalue weighted by molar-refractivity contribution is 8.00. The zero-order valence-corrected chi connectivity index (χ0v) is 12.5. The van der Waals surface area contributed by atoms with Gasteiger partial charge in [0.25, 0.3) is 0 Å². The van der Waals surface area contributed by atoms with Crippen LogP contribution in [0.4, 0.5) is 18.9 Å². The first-order chi connectivity index (χ1) is 9.37. The molecule has 112 valence electrons. The van der Waals surface area contributed by atoms with E-state index in [1.54, 1.807) is 18.2 Å². The molecule has 1 N–H and O–H groups in total. The molecular weight excluding hydrogens is 283 g/mol. The minimum Gasteiger partial charge on any atom is -0.381 e. The monoisotopic (exact) mass is 303 g/mol. The molecular formula is C15H20F3NS. The molecule has 1 aliphatic rings. The van der Waals surface area contributed by atoms with Crippen LogP contribution in [0.2, 0.25) is 0 Å². The second-order valence-electron chi connectivity index (χ2n) is 5.56.